The van der Waals surface area contributed by atoms with Crippen molar-refractivity contribution in [3.63, 3.8) is 0 Å². The summed E-state index contributed by atoms with van der Waals surface area (Å²) < 4.78 is 1.79. The van der Waals surface area contributed by atoms with Gasteiger partial charge in [0, 0.05) is 15.4 Å². The number of halogens is 2. The first-order valence-electron chi connectivity index (χ1n) is 4.30. The molecule has 1 N–H and O–H groups in total. The van der Waals surface area contributed by atoms with E-state index in [1.807, 2.05) is 26.0 Å². The van der Waals surface area contributed by atoms with Gasteiger partial charge in [-0.2, -0.15) is 0 Å². The zero-order chi connectivity index (χ0) is 10.7. The van der Waals surface area contributed by atoms with Crippen molar-refractivity contribution in [2.45, 2.75) is 20.3 Å². The minimum absolute atomic E-state index is 0.00949. The predicted octanol–water partition coefficient (Wildman–Crippen LogP) is 3.87. The third-order valence-electron chi connectivity index (χ3n) is 1.77. The van der Waals surface area contributed by atoms with E-state index in [-0.39, 0.29) is 5.91 Å². The average molecular weight is 321 g/mol. The summed E-state index contributed by atoms with van der Waals surface area (Å²) in [6.45, 7) is 3.83. The van der Waals surface area contributed by atoms with Crippen LogP contribution < -0.4 is 5.32 Å². The van der Waals surface area contributed by atoms with E-state index in [9.17, 15) is 4.79 Å². The number of hydrogen-bond donors (Lipinski definition) is 1. The number of aryl methyl sites for hydroxylation is 1. The maximum Gasteiger partial charge on any atom is 0.224 e. The van der Waals surface area contributed by atoms with E-state index >= 15 is 0 Å². The highest BCUT2D eigenvalue weighted by molar-refractivity contribution is 9.11. The molecule has 0 aromatic heterocycles. The Bertz CT molecular complexity index is 340. The molecule has 14 heavy (non-hydrogen) atoms. The maximum absolute atomic E-state index is 11.2. The van der Waals surface area contributed by atoms with Crippen LogP contribution in [0.2, 0.25) is 0 Å². The van der Waals surface area contributed by atoms with E-state index in [4.69, 9.17) is 0 Å². The van der Waals surface area contributed by atoms with Crippen LogP contribution in [0.15, 0.2) is 21.1 Å². The average Bonchev–Trinajstić information content (AvgIpc) is 2.10. The fourth-order valence-corrected chi connectivity index (χ4v) is 2.66. The van der Waals surface area contributed by atoms with Gasteiger partial charge in [0.15, 0.2) is 0 Å². The molecule has 0 atom stereocenters. The normalized spacial score (nSPS) is 10.0. The standard InChI is InChI=1S/C10H11Br2NO/c1-3-9(14)13-10-7(11)4-6(2)5-8(10)12/h4-5H,3H2,1-2H3,(H,13,14). The van der Waals surface area contributed by atoms with Gasteiger partial charge < -0.3 is 5.32 Å². The molecule has 0 heterocycles. The fourth-order valence-electron chi connectivity index (χ4n) is 1.05. The highest BCUT2D eigenvalue weighted by Gasteiger charge is 2.08. The highest BCUT2D eigenvalue weighted by Crippen LogP contribution is 2.32. The third-order valence-corrected chi connectivity index (χ3v) is 3.02. The molecule has 1 amide bonds. The molecule has 0 unspecified atom stereocenters. The van der Waals surface area contributed by atoms with Crippen LogP contribution in [0.5, 0.6) is 0 Å². The molecule has 0 bridgehead atoms. The number of amides is 1. The molecular formula is C10H11Br2NO. The van der Waals surface area contributed by atoms with Gasteiger partial charge in [0.2, 0.25) is 5.91 Å². The van der Waals surface area contributed by atoms with Crippen molar-refractivity contribution >= 4 is 43.5 Å². The van der Waals surface area contributed by atoms with Crippen LogP contribution in [0.3, 0.4) is 0 Å². The molecule has 1 rings (SSSR count). The molecule has 0 aliphatic carbocycles. The Hall–Kier alpha value is -0.350. The van der Waals surface area contributed by atoms with Crippen LogP contribution >= 0.6 is 31.9 Å². The van der Waals surface area contributed by atoms with Crippen molar-refractivity contribution in [3.05, 3.63) is 26.6 Å². The number of carbonyl (C=O) groups excluding carboxylic acids is 1. The Morgan fingerprint density at radius 3 is 2.29 bits per heavy atom. The smallest absolute Gasteiger partial charge is 0.224 e. The zero-order valence-electron chi connectivity index (χ0n) is 8.03. The second-order valence-corrected chi connectivity index (χ2v) is 4.71. The first kappa shape index (κ1) is 11.7. The third kappa shape index (κ3) is 2.82. The first-order valence-corrected chi connectivity index (χ1v) is 5.88. The van der Waals surface area contributed by atoms with Gasteiger partial charge >= 0.3 is 0 Å². The molecule has 0 aliphatic rings. The summed E-state index contributed by atoms with van der Waals surface area (Å²) in [7, 11) is 0. The summed E-state index contributed by atoms with van der Waals surface area (Å²) in [6.07, 6.45) is 0.479. The largest absolute Gasteiger partial charge is 0.324 e. The second kappa shape index (κ2) is 4.94. The highest BCUT2D eigenvalue weighted by atomic mass is 79.9. The van der Waals surface area contributed by atoms with E-state index in [0.29, 0.717) is 6.42 Å². The first-order chi connectivity index (χ1) is 6.54. The lowest BCUT2D eigenvalue weighted by Crippen LogP contribution is -2.10. The number of rotatable bonds is 2. The predicted molar refractivity (Wildman–Crippen MR) is 65.5 cm³/mol. The molecule has 0 spiro atoms. The van der Waals surface area contributed by atoms with Crippen molar-refractivity contribution in [1.29, 1.82) is 0 Å². The van der Waals surface area contributed by atoms with Crippen LogP contribution in [-0.2, 0) is 4.79 Å². The van der Waals surface area contributed by atoms with Gasteiger partial charge in [0.1, 0.15) is 0 Å². The summed E-state index contributed by atoms with van der Waals surface area (Å²) in [4.78, 5) is 11.2. The van der Waals surface area contributed by atoms with Crippen molar-refractivity contribution in [2.75, 3.05) is 5.32 Å². The summed E-state index contributed by atoms with van der Waals surface area (Å²) in [5.41, 5.74) is 1.93. The molecule has 0 fully saturated rings. The van der Waals surface area contributed by atoms with E-state index in [0.717, 1.165) is 20.2 Å². The molecule has 0 radical (unpaired) electrons. The Balaban J connectivity index is 3.02. The Morgan fingerprint density at radius 1 is 1.36 bits per heavy atom. The molecule has 1 aromatic carbocycles. The van der Waals surface area contributed by atoms with E-state index in [2.05, 4.69) is 37.2 Å². The number of hydrogen-bond acceptors (Lipinski definition) is 1. The minimum Gasteiger partial charge on any atom is -0.324 e. The van der Waals surface area contributed by atoms with Crippen molar-refractivity contribution in [1.82, 2.24) is 0 Å². The Kier molecular flexibility index (Phi) is 4.13. The Morgan fingerprint density at radius 2 is 1.86 bits per heavy atom. The summed E-state index contributed by atoms with van der Waals surface area (Å²) in [5.74, 6) is 0.00949. The molecule has 0 saturated heterocycles. The summed E-state index contributed by atoms with van der Waals surface area (Å²) in [5, 5.41) is 2.82. The minimum atomic E-state index is 0.00949. The summed E-state index contributed by atoms with van der Waals surface area (Å²) >= 11 is 6.82. The van der Waals surface area contributed by atoms with Gasteiger partial charge in [0.25, 0.3) is 0 Å². The van der Waals surface area contributed by atoms with Gasteiger partial charge in [-0.1, -0.05) is 6.92 Å². The van der Waals surface area contributed by atoms with E-state index < -0.39 is 0 Å². The summed E-state index contributed by atoms with van der Waals surface area (Å²) in [6, 6.07) is 3.94. The van der Waals surface area contributed by atoms with Gasteiger partial charge in [-0.15, -0.1) is 0 Å². The van der Waals surface area contributed by atoms with Crippen molar-refractivity contribution in [3.8, 4) is 0 Å². The van der Waals surface area contributed by atoms with Gasteiger partial charge in [-0.05, 0) is 56.5 Å². The molecule has 2 nitrogen and oxygen atoms in total. The molecular weight excluding hydrogens is 310 g/mol. The van der Waals surface area contributed by atoms with Crippen LogP contribution in [0.25, 0.3) is 0 Å². The SMILES string of the molecule is CCC(=O)Nc1c(Br)cc(C)cc1Br. The fraction of sp³-hybridized carbons (Fsp3) is 0.300. The molecule has 4 heteroatoms. The van der Waals surface area contributed by atoms with E-state index in [1.165, 1.54) is 0 Å². The number of carbonyl (C=O) groups is 1. The molecule has 0 saturated carbocycles. The maximum atomic E-state index is 11.2. The Labute approximate surface area is 100 Å². The lowest BCUT2D eigenvalue weighted by molar-refractivity contribution is -0.115. The molecule has 1 aromatic rings. The monoisotopic (exact) mass is 319 g/mol. The molecule has 76 valence electrons. The number of nitrogens with one attached hydrogen (secondary N) is 1. The van der Waals surface area contributed by atoms with Crippen LogP contribution in [0.4, 0.5) is 5.69 Å². The quantitative estimate of drug-likeness (QED) is 0.880. The van der Waals surface area contributed by atoms with Gasteiger partial charge in [0.05, 0.1) is 5.69 Å². The topological polar surface area (TPSA) is 29.1 Å². The van der Waals surface area contributed by atoms with Crippen molar-refractivity contribution in [2.24, 2.45) is 0 Å². The van der Waals surface area contributed by atoms with Gasteiger partial charge in [-0.3, -0.25) is 4.79 Å². The second-order valence-electron chi connectivity index (χ2n) is 3.01. The van der Waals surface area contributed by atoms with Crippen molar-refractivity contribution < 1.29 is 4.79 Å². The van der Waals surface area contributed by atoms with Crippen LogP contribution in [0.1, 0.15) is 18.9 Å². The number of benzene rings is 1. The molecule has 0 aliphatic heterocycles. The number of anilines is 1. The van der Waals surface area contributed by atoms with E-state index in [1.54, 1.807) is 0 Å². The lowest BCUT2D eigenvalue weighted by atomic mass is 10.2. The lowest BCUT2D eigenvalue weighted by Gasteiger charge is -2.09. The zero-order valence-corrected chi connectivity index (χ0v) is 11.2. The van der Waals surface area contributed by atoms with Gasteiger partial charge in [-0.25, -0.2) is 0 Å². The van der Waals surface area contributed by atoms with Crippen LogP contribution in [0, 0.1) is 6.92 Å². The van der Waals surface area contributed by atoms with Crippen LogP contribution in [-0.4, -0.2) is 5.91 Å².